The van der Waals surface area contributed by atoms with Crippen LogP contribution in [-0.2, 0) is 4.79 Å². The molecule has 0 saturated heterocycles. The molecule has 0 aliphatic heterocycles. The second-order valence-corrected chi connectivity index (χ2v) is 4.99. The van der Waals surface area contributed by atoms with E-state index >= 15 is 0 Å². The van der Waals surface area contributed by atoms with E-state index in [1.165, 1.54) is 6.07 Å². The van der Waals surface area contributed by atoms with Crippen molar-refractivity contribution in [2.24, 2.45) is 0 Å². The van der Waals surface area contributed by atoms with Gasteiger partial charge in [0.15, 0.2) is 0 Å². The molecule has 114 valence electrons. The Balaban J connectivity index is 2.03. The maximum absolute atomic E-state index is 13.2. The van der Waals surface area contributed by atoms with Gasteiger partial charge < -0.3 is 5.32 Å². The molecule has 0 bridgehead atoms. The zero-order valence-electron chi connectivity index (χ0n) is 12.0. The van der Waals surface area contributed by atoms with Gasteiger partial charge in [0.05, 0.1) is 4.92 Å². The Bertz CT molecular complexity index is 689. The molecule has 6 heteroatoms. The SMILES string of the molecule is C[C@@H](CC(=O)Nc1ccc(F)c([N+](=O)[O-])c1)c1ccccc1. The molecule has 1 N–H and O–H groups in total. The van der Waals surface area contributed by atoms with Gasteiger partial charge in [-0.3, -0.25) is 14.9 Å². The van der Waals surface area contributed by atoms with Crippen LogP contribution in [0.2, 0.25) is 0 Å². The molecule has 22 heavy (non-hydrogen) atoms. The summed E-state index contributed by atoms with van der Waals surface area (Å²) in [5, 5.41) is 13.2. The Morgan fingerprint density at radius 3 is 2.59 bits per heavy atom. The van der Waals surface area contributed by atoms with Crippen LogP contribution >= 0.6 is 0 Å². The Kier molecular flexibility index (Phi) is 4.83. The zero-order valence-corrected chi connectivity index (χ0v) is 12.0. The number of rotatable bonds is 5. The molecule has 0 spiro atoms. The normalized spacial score (nSPS) is 11.7. The first-order valence-corrected chi connectivity index (χ1v) is 6.76. The van der Waals surface area contributed by atoms with Crippen LogP contribution in [0.3, 0.4) is 0 Å². The van der Waals surface area contributed by atoms with Crippen molar-refractivity contribution in [2.75, 3.05) is 5.32 Å². The van der Waals surface area contributed by atoms with E-state index in [4.69, 9.17) is 0 Å². The molecule has 0 aliphatic rings. The lowest BCUT2D eigenvalue weighted by atomic mass is 9.97. The van der Waals surface area contributed by atoms with Gasteiger partial charge in [-0.15, -0.1) is 0 Å². The minimum absolute atomic E-state index is 0.0108. The van der Waals surface area contributed by atoms with Gasteiger partial charge in [0.2, 0.25) is 11.7 Å². The molecule has 0 radical (unpaired) electrons. The Morgan fingerprint density at radius 2 is 1.95 bits per heavy atom. The van der Waals surface area contributed by atoms with Gasteiger partial charge in [0.1, 0.15) is 0 Å². The number of benzene rings is 2. The van der Waals surface area contributed by atoms with E-state index in [0.717, 1.165) is 17.7 Å². The number of nitrogens with one attached hydrogen (secondary N) is 1. The van der Waals surface area contributed by atoms with Gasteiger partial charge in [0, 0.05) is 18.2 Å². The molecule has 0 heterocycles. The predicted octanol–water partition coefficient (Wildman–Crippen LogP) is 3.87. The van der Waals surface area contributed by atoms with Gasteiger partial charge in [0.25, 0.3) is 0 Å². The van der Waals surface area contributed by atoms with Crippen molar-refractivity contribution < 1.29 is 14.1 Å². The summed E-state index contributed by atoms with van der Waals surface area (Å²) in [4.78, 5) is 21.8. The smallest absolute Gasteiger partial charge is 0.306 e. The van der Waals surface area contributed by atoms with E-state index < -0.39 is 16.4 Å². The van der Waals surface area contributed by atoms with E-state index in [1.54, 1.807) is 0 Å². The molecular formula is C16H15FN2O3. The first kappa shape index (κ1) is 15.6. The second kappa shape index (κ2) is 6.80. The lowest BCUT2D eigenvalue weighted by Gasteiger charge is -2.12. The molecule has 1 amide bonds. The van der Waals surface area contributed by atoms with E-state index in [9.17, 15) is 19.3 Å². The van der Waals surface area contributed by atoms with Crippen LogP contribution in [0.4, 0.5) is 15.8 Å². The fourth-order valence-electron chi connectivity index (χ4n) is 2.12. The molecule has 2 aromatic carbocycles. The summed E-state index contributed by atoms with van der Waals surface area (Å²) in [7, 11) is 0. The van der Waals surface area contributed by atoms with Gasteiger partial charge in [-0.05, 0) is 23.6 Å². The van der Waals surface area contributed by atoms with E-state index in [-0.39, 0.29) is 23.9 Å². The van der Waals surface area contributed by atoms with Crippen LogP contribution in [0.25, 0.3) is 0 Å². The van der Waals surface area contributed by atoms with Gasteiger partial charge in [-0.1, -0.05) is 37.3 Å². The van der Waals surface area contributed by atoms with Gasteiger partial charge >= 0.3 is 5.69 Å². The highest BCUT2D eigenvalue weighted by Gasteiger charge is 2.16. The third-order valence-corrected chi connectivity index (χ3v) is 3.29. The van der Waals surface area contributed by atoms with Crippen molar-refractivity contribution in [3.05, 3.63) is 70.0 Å². The molecule has 2 rings (SSSR count). The van der Waals surface area contributed by atoms with Crippen LogP contribution < -0.4 is 5.32 Å². The molecular weight excluding hydrogens is 287 g/mol. The molecule has 0 aliphatic carbocycles. The Hall–Kier alpha value is -2.76. The number of halogens is 1. The van der Waals surface area contributed by atoms with E-state index in [1.807, 2.05) is 37.3 Å². The Labute approximate surface area is 126 Å². The summed E-state index contributed by atoms with van der Waals surface area (Å²) in [6.45, 7) is 1.92. The number of carbonyl (C=O) groups is 1. The van der Waals surface area contributed by atoms with Crippen LogP contribution in [0.15, 0.2) is 48.5 Å². The molecule has 5 nitrogen and oxygen atoms in total. The number of hydrogen-bond donors (Lipinski definition) is 1. The predicted molar refractivity (Wildman–Crippen MR) is 81.2 cm³/mol. The van der Waals surface area contributed by atoms with E-state index in [2.05, 4.69) is 5.32 Å². The van der Waals surface area contributed by atoms with Crippen LogP contribution in [0.1, 0.15) is 24.8 Å². The largest absolute Gasteiger partial charge is 0.326 e. The summed E-state index contributed by atoms with van der Waals surface area (Å²) in [6.07, 6.45) is 0.231. The number of carbonyl (C=O) groups excluding carboxylic acids is 1. The van der Waals surface area contributed by atoms with Crippen LogP contribution in [0.5, 0.6) is 0 Å². The average molecular weight is 302 g/mol. The summed E-state index contributed by atoms with van der Waals surface area (Å²) in [5.41, 5.74) is 0.579. The third kappa shape index (κ3) is 3.88. The first-order valence-electron chi connectivity index (χ1n) is 6.76. The first-order chi connectivity index (χ1) is 10.5. The van der Waals surface area contributed by atoms with E-state index in [0.29, 0.717) is 0 Å². The highest BCUT2D eigenvalue weighted by atomic mass is 19.1. The zero-order chi connectivity index (χ0) is 16.1. The van der Waals surface area contributed by atoms with Gasteiger partial charge in [-0.25, -0.2) is 0 Å². The summed E-state index contributed by atoms with van der Waals surface area (Å²) in [6, 6.07) is 12.8. The number of amides is 1. The topological polar surface area (TPSA) is 72.2 Å². The lowest BCUT2D eigenvalue weighted by Crippen LogP contribution is -2.14. The van der Waals surface area contributed by atoms with Crippen molar-refractivity contribution in [2.45, 2.75) is 19.3 Å². The van der Waals surface area contributed by atoms with Crippen LogP contribution in [0, 0.1) is 15.9 Å². The average Bonchev–Trinajstić information content (AvgIpc) is 2.49. The third-order valence-electron chi connectivity index (χ3n) is 3.29. The fourth-order valence-corrected chi connectivity index (χ4v) is 2.12. The minimum Gasteiger partial charge on any atom is -0.326 e. The molecule has 0 fully saturated rings. The van der Waals surface area contributed by atoms with Crippen molar-refractivity contribution in [3.8, 4) is 0 Å². The molecule has 0 saturated carbocycles. The highest BCUT2D eigenvalue weighted by molar-refractivity contribution is 5.91. The van der Waals surface area contributed by atoms with Crippen LogP contribution in [-0.4, -0.2) is 10.8 Å². The number of nitrogens with zero attached hydrogens (tertiary/aromatic N) is 1. The van der Waals surface area contributed by atoms with Crippen molar-refractivity contribution in [1.29, 1.82) is 0 Å². The molecule has 0 unspecified atom stereocenters. The second-order valence-electron chi connectivity index (χ2n) is 4.99. The summed E-state index contributed by atoms with van der Waals surface area (Å²) < 4.78 is 13.2. The minimum atomic E-state index is -0.930. The lowest BCUT2D eigenvalue weighted by molar-refractivity contribution is -0.387. The van der Waals surface area contributed by atoms with Crippen molar-refractivity contribution >= 4 is 17.3 Å². The Morgan fingerprint density at radius 1 is 1.27 bits per heavy atom. The number of hydrogen-bond acceptors (Lipinski definition) is 3. The maximum Gasteiger partial charge on any atom is 0.306 e. The maximum atomic E-state index is 13.2. The molecule has 1 atom stereocenters. The standard InChI is InChI=1S/C16H15FN2O3/c1-11(12-5-3-2-4-6-12)9-16(20)18-13-7-8-14(17)15(10-13)19(21)22/h2-8,10-11H,9H2,1H3,(H,18,20)/t11-/m0/s1. The molecule has 0 aromatic heterocycles. The summed E-state index contributed by atoms with van der Waals surface area (Å²) >= 11 is 0. The summed E-state index contributed by atoms with van der Waals surface area (Å²) in [5.74, 6) is -1.20. The highest BCUT2D eigenvalue weighted by Crippen LogP contribution is 2.23. The molecule has 2 aromatic rings. The quantitative estimate of drug-likeness (QED) is 0.673. The monoisotopic (exact) mass is 302 g/mol. The van der Waals surface area contributed by atoms with Gasteiger partial charge in [-0.2, -0.15) is 4.39 Å². The van der Waals surface area contributed by atoms with Crippen molar-refractivity contribution in [1.82, 2.24) is 0 Å². The number of nitro benzene ring substituents is 1. The fraction of sp³-hybridized carbons (Fsp3) is 0.188. The number of anilines is 1. The van der Waals surface area contributed by atoms with Crippen molar-refractivity contribution in [3.63, 3.8) is 0 Å². The number of nitro groups is 1.